The van der Waals surface area contributed by atoms with Crippen LogP contribution in [0.2, 0.25) is 0 Å². The van der Waals surface area contributed by atoms with Gasteiger partial charge in [-0.2, -0.15) is 0 Å². The van der Waals surface area contributed by atoms with Gasteiger partial charge in [0, 0.05) is 8.96 Å². The fourth-order valence-electron chi connectivity index (χ4n) is 3.01. The van der Waals surface area contributed by atoms with Crippen LogP contribution in [0.5, 0.6) is 0 Å². The van der Waals surface area contributed by atoms with Crippen LogP contribution in [0.3, 0.4) is 0 Å². The smallest absolute Gasteiger partial charge is 0.265 e. The molecule has 126 valence electrons. The standard InChI is InChI=1S/C18H13IN2O3S/c19-13-7-1-2-8-14(13)20-17(22)11-21-15-9-3-5-12-6-4-10-16(18(12)15)25(21,23)24/h1-10H,11H2,(H,20,22). The number of halogens is 1. The molecular formula is C18H13IN2O3S. The Morgan fingerprint density at radius 1 is 1.00 bits per heavy atom. The lowest BCUT2D eigenvalue weighted by molar-refractivity contribution is -0.114. The predicted octanol–water partition coefficient (Wildman–Crippen LogP) is 3.59. The van der Waals surface area contributed by atoms with E-state index < -0.39 is 10.0 Å². The van der Waals surface area contributed by atoms with Gasteiger partial charge in [0.1, 0.15) is 6.54 Å². The van der Waals surface area contributed by atoms with Crippen LogP contribution in [0.4, 0.5) is 11.4 Å². The van der Waals surface area contributed by atoms with Crippen molar-refractivity contribution in [2.45, 2.75) is 4.90 Å². The predicted molar refractivity (Wildman–Crippen MR) is 106 cm³/mol. The Hall–Kier alpha value is -2.13. The molecule has 7 heteroatoms. The number of hydrogen-bond acceptors (Lipinski definition) is 3. The molecule has 0 aliphatic carbocycles. The number of hydrogen-bond donors (Lipinski definition) is 1. The third kappa shape index (κ3) is 2.67. The van der Waals surface area contributed by atoms with Crippen LogP contribution in [-0.2, 0) is 14.8 Å². The maximum atomic E-state index is 12.9. The second-order valence-corrected chi connectivity index (χ2v) is 8.66. The van der Waals surface area contributed by atoms with Crippen molar-refractivity contribution in [3.05, 3.63) is 64.2 Å². The summed E-state index contributed by atoms with van der Waals surface area (Å²) in [6.07, 6.45) is 0. The van der Waals surface area contributed by atoms with E-state index in [4.69, 9.17) is 0 Å². The van der Waals surface area contributed by atoms with E-state index >= 15 is 0 Å². The molecule has 0 unspecified atom stereocenters. The van der Waals surface area contributed by atoms with E-state index in [9.17, 15) is 13.2 Å². The lowest BCUT2D eigenvalue weighted by atomic mass is 10.1. The summed E-state index contributed by atoms with van der Waals surface area (Å²) >= 11 is 2.12. The Labute approximate surface area is 158 Å². The van der Waals surface area contributed by atoms with Gasteiger partial charge in [-0.3, -0.25) is 9.10 Å². The summed E-state index contributed by atoms with van der Waals surface area (Å²) in [5.41, 5.74) is 1.21. The molecule has 0 bridgehead atoms. The van der Waals surface area contributed by atoms with Gasteiger partial charge in [0.05, 0.1) is 16.3 Å². The second-order valence-electron chi connectivity index (χ2n) is 5.67. The molecule has 0 saturated carbocycles. The first-order valence-electron chi connectivity index (χ1n) is 7.57. The van der Waals surface area contributed by atoms with Crippen molar-refractivity contribution in [2.24, 2.45) is 0 Å². The molecule has 25 heavy (non-hydrogen) atoms. The van der Waals surface area contributed by atoms with Crippen LogP contribution in [0, 0.1) is 3.57 Å². The number of anilines is 2. The highest BCUT2D eigenvalue weighted by Crippen LogP contribution is 2.41. The molecule has 0 aromatic heterocycles. The Balaban J connectivity index is 1.69. The zero-order valence-electron chi connectivity index (χ0n) is 12.9. The minimum absolute atomic E-state index is 0.252. The summed E-state index contributed by atoms with van der Waals surface area (Å²) in [7, 11) is -3.73. The topological polar surface area (TPSA) is 66.5 Å². The number of carbonyl (C=O) groups is 1. The van der Waals surface area contributed by atoms with Crippen molar-refractivity contribution in [3.8, 4) is 0 Å². The number of benzene rings is 3. The van der Waals surface area contributed by atoms with E-state index in [1.165, 1.54) is 4.31 Å². The number of amides is 1. The Bertz CT molecular complexity index is 1110. The molecule has 4 rings (SSSR count). The highest BCUT2D eigenvalue weighted by Gasteiger charge is 2.36. The minimum atomic E-state index is -3.73. The number of para-hydroxylation sites is 1. The van der Waals surface area contributed by atoms with E-state index in [0.29, 0.717) is 16.8 Å². The van der Waals surface area contributed by atoms with Gasteiger partial charge in [0.15, 0.2) is 0 Å². The van der Waals surface area contributed by atoms with Gasteiger partial charge in [-0.15, -0.1) is 0 Å². The molecule has 0 spiro atoms. The highest BCUT2D eigenvalue weighted by atomic mass is 127. The van der Waals surface area contributed by atoms with Gasteiger partial charge in [-0.05, 0) is 52.2 Å². The zero-order chi connectivity index (χ0) is 17.6. The minimum Gasteiger partial charge on any atom is -0.324 e. The average molecular weight is 464 g/mol. The van der Waals surface area contributed by atoms with Gasteiger partial charge in [0.2, 0.25) is 5.91 Å². The molecule has 1 amide bonds. The van der Waals surface area contributed by atoms with E-state index in [1.807, 2.05) is 30.3 Å². The summed E-state index contributed by atoms with van der Waals surface area (Å²) < 4.78 is 27.8. The molecule has 3 aromatic rings. The van der Waals surface area contributed by atoms with E-state index in [1.54, 1.807) is 30.3 Å². The van der Waals surface area contributed by atoms with E-state index in [2.05, 4.69) is 27.9 Å². The lowest BCUT2D eigenvalue weighted by Crippen LogP contribution is -2.35. The van der Waals surface area contributed by atoms with Crippen molar-refractivity contribution >= 4 is 60.7 Å². The molecule has 1 aliphatic rings. The van der Waals surface area contributed by atoms with Crippen molar-refractivity contribution in [1.82, 2.24) is 0 Å². The summed E-state index contributed by atoms with van der Waals surface area (Å²) in [6, 6.07) is 17.9. The first-order chi connectivity index (χ1) is 12.0. The van der Waals surface area contributed by atoms with Crippen molar-refractivity contribution in [3.63, 3.8) is 0 Å². The molecular weight excluding hydrogens is 451 g/mol. The highest BCUT2D eigenvalue weighted by molar-refractivity contribution is 14.1. The summed E-state index contributed by atoms with van der Waals surface area (Å²) in [6.45, 7) is -0.263. The summed E-state index contributed by atoms with van der Waals surface area (Å²) in [5.74, 6) is -0.377. The molecule has 1 heterocycles. The molecule has 1 N–H and O–H groups in total. The van der Waals surface area contributed by atoms with Crippen LogP contribution in [0.1, 0.15) is 0 Å². The van der Waals surface area contributed by atoms with Gasteiger partial charge in [-0.25, -0.2) is 8.42 Å². The molecule has 0 saturated heterocycles. The second kappa shape index (κ2) is 5.99. The lowest BCUT2D eigenvalue weighted by Gasteiger charge is -2.18. The third-order valence-electron chi connectivity index (χ3n) is 4.12. The fraction of sp³-hybridized carbons (Fsp3) is 0.0556. The van der Waals surface area contributed by atoms with Crippen LogP contribution in [0.25, 0.3) is 10.8 Å². The quantitative estimate of drug-likeness (QED) is 0.603. The zero-order valence-corrected chi connectivity index (χ0v) is 15.9. The van der Waals surface area contributed by atoms with Crippen LogP contribution in [0.15, 0.2) is 65.6 Å². The SMILES string of the molecule is O=C(CN1c2cccc3cccc(c23)S1(=O)=O)Nc1ccccc1I. The number of carbonyl (C=O) groups excluding carboxylic acids is 1. The van der Waals surface area contributed by atoms with Crippen LogP contribution in [-0.4, -0.2) is 20.9 Å². The molecule has 5 nitrogen and oxygen atoms in total. The Morgan fingerprint density at radius 2 is 1.72 bits per heavy atom. The normalized spacial score (nSPS) is 14.7. The summed E-state index contributed by atoms with van der Waals surface area (Å²) in [4.78, 5) is 12.7. The first-order valence-corrected chi connectivity index (χ1v) is 10.1. The fourth-order valence-corrected chi connectivity index (χ4v) is 5.20. The molecule has 0 atom stereocenters. The molecule has 1 aliphatic heterocycles. The number of rotatable bonds is 3. The van der Waals surface area contributed by atoms with Gasteiger partial charge in [-0.1, -0.05) is 36.4 Å². The number of nitrogens with zero attached hydrogens (tertiary/aromatic N) is 1. The number of sulfonamides is 1. The van der Waals surface area contributed by atoms with Crippen molar-refractivity contribution in [2.75, 3.05) is 16.2 Å². The van der Waals surface area contributed by atoms with Gasteiger partial charge in [0.25, 0.3) is 10.0 Å². The third-order valence-corrected chi connectivity index (χ3v) is 6.86. The molecule has 0 fully saturated rings. The van der Waals surface area contributed by atoms with Gasteiger partial charge < -0.3 is 5.32 Å². The summed E-state index contributed by atoms with van der Waals surface area (Å²) in [5, 5.41) is 4.30. The van der Waals surface area contributed by atoms with Crippen molar-refractivity contribution < 1.29 is 13.2 Å². The van der Waals surface area contributed by atoms with Crippen LogP contribution >= 0.6 is 22.6 Å². The largest absolute Gasteiger partial charge is 0.324 e. The maximum Gasteiger partial charge on any atom is 0.265 e. The Morgan fingerprint density at radius 3 is 2.48 bits per heavy atom. The Kier molecular flexibility index (Phi) is 3.92. The van der Waals surface area contributed by atoms with E-state index in [0.717, 1.165) is 8.96 Å². The maximum absolute atomic E-state index is 12.9. The number of nitrogens with one attached hydrogen (secondary N) is 1. The first kappa shape index (κ1) is 16.3. The van der Waals surface area contributed by atoms with E-state index in [-0.39, 0.29) is 17.3 Å². The average Bonchev–Trinajstić information content (AvgIpc) is 2.81. The molecule has 3 aromatic carbocycles. The monoisotopic (exact) mass is 464 g/mol. The van der Waals surface area contributed by atoms with Crippen molar-refractivity contribution in [1.29, 1.82) is 0 Å². The molecule has 0 radical (unpaired) electrons. The van der Waals surface area contributed by atoms with Crippen LogP contribution < -0.4 is 9.62 Å². The van der Waals surface area contributed by atoms with Gasteiger partial charge >= 0.3 is 0 Å².